The molecule has 3 nitrogen and oxygen atoms in total. The van der Waals surface area contributed by atoms with Crippen molar-refractivity contribution in [1.82, 2.24) is 5.32 Å². The topological polar surface area (TPSA) is 35.5 Å². The molecule has 3 atom stereocenters. The van der Waals surface area contributed by atoms with Crippen LogP contribution in [0, 0.1) is 5.92 Å². The van der Waals surface area contributed by atoms with Crippen LogP contribution < -0.4 is 10.2 Å². The highest BCUT2D eigenvalue weighted by Gasteiger charge is 2.26. The van der Waals surface area contributed by atoms with Gasteiger partial charge in [-0.25, -0.2) is 0 Å². The molecule has 0 aromatic heterocycles. The van der Waals surface area contributed by atoms with Gasteiger partial charge in [0.2, 0.25) is 0 Å². The zero-order valence-corrected chi connectivity index (χ0v) is 14.2. The lowest BCUT2D eigenvalue weighted by Gasteiger charge is -2.22. The lowest BCUT2D eigenvalue weighted by molar-refractivity contribution is 0.136. The molecule has 0 aliphatic carbocycles. The number of benzene rings is 1. The highest BCUT2D eigenvalue weighted by molar-refractivity contribution is 9.10. The van der Waals surface area contributed by atoms with E-state index in [1.807, 2.05) is 6.92 Å². The summed E-state index contributed by atoms with van der Waals surface area (Å²) in [6.07, 6.45) is 0.863. The fourth-order valence-electron chi connectivity index (χ4n) is 2.90. The van der Waals surface area contributed by atoms with Crippen LogP contribution in [0.1, 0.15) is 38.8 Å². The predicted molar refractivity (Wildman–Crippen MR) is 88.2 cm³/mol. The molecule has 2 N–H and O–H groups in total. The molecule has 0 radical (unpaired) electrons. The van der Waals surface area contributed by atoms with E-state index in [2.05, 4.69) is 58.2 Å². The molecule has 0 bridgehead atoms. The van der Waals surface area contributed by atoms with Crippen molar-refractivity contribution in [1.29, 1.82) is 0 Å². The summed E-state index contributed by atoms with van der Waals surface area (Å²) in [4.78, 5) is 2.36. The smallest absolute Gasteiger partial charge is 0.0557 e. The number of hydrogen-bond acceptors (Lipinski definition) is 3. The van der Waals surface area contributed by atoms with Crippen LogP contribution in [0.15, 0.2) is 22.7 Å². The maximum atomic E-state index is 9.70. The van der Waals surface area contributed by atoms with E-state index in [-0.39, 0.29) is 6.10 Å². The van der Waals surface area contributed by atoms with Crippen molar-refractivity contribution in [3.63, 3.8) is 0 Å². The minimum atomic E-state index is -0.212. The lowest BCUT2D eigenvalue weighted by Crippen LogP contribution is -2.24. The van der Waals surface area contributed by atoms with Crippen molar-refractivity contribution in [3.8, 4) is 0 Å². The Morgan fingerprint density at radius 2 is 2.20 bits per heavy atom. The van der Waals surface area contributed by atoms with E-state index in [0.29, 0.717) is 12.0 Å². The van der Waals surface area contributed by atoms with Crippen molar-refractivity contribution in [2.45, 2.75) is 39.3 Å². The van der Waals surface area contributed by atoms with E-state index >= 15 is 0 Å². The molecule has 1 fully saturated rings. The summed E-state index contributed by atoms with van der Waals surface area (Å²) in [5, 5.41) is 13.1. The van der Waals surface area contributed by atoms with E-state index in [0.717, 1.165) is 30.5 Å². The number of aliphatic hydroxyl groups excluding tert-OH is 1. The fraction of sp³-hybridized carbons (Fsp3) is 0.625. The summed E-state index contributed by atoms with van der Waals surface area (Å²) in [7, 11) is 0. The fourth-order valence-corrected chi connectivity index (χ4v) is 3.61. The average Bonchev–Trinajstić information content (AvgIpc) is 2.88. The van der Waals surface area contributed by atoms with Crippen LogP contribution in [0.25, 0.3) is 0 Å². The molecular weight excluding hydrogens is 316 g/mol. The SMILES string of the molecule is CCNC(C)c1ccc(N2CCC(C(C)O)C2)cc1Br. The second-order valence-electron chi connectivity index (χ2n) is 5.72. The molecule has 4 heteroatoms. The normalized spacial score (nSPS) is 22.1. The van der Waals surface area contributed by atoms with Gasteiger partial charge in [0.1, 0.15) is 0 Å². The van der Waals surface area contributed by atoms with Crippen molar-refractivity contribution in [2.24, 2.45) is 5.92 Å². The van der Waals surface area contributed by atoms with Gasteiger partial charge in [0.25, 0.3) is 0 Å². The molecule has 112 valence electrons. The summed E-state index contributed by atoms with van der Waals surface area (Å²) >= 11 is 3.69. The monoisotopic (exact) mass is 340 g/mol. The average molecular weight is 341 g/mol. The van der Waals surface area contributed by atoms with Crippen molar-refractivity contribution in [2.75, 3.05) is 24.5 Å². The highest BCUT2D eigenvalue weighted by atomic mass is 79.9. The first kappa shape index (κ1) is 15.8. The van der Waals surface area contributed by atoms with Crippen molar-refractivity contribution in [3.05, 3.63) is 28.2 Å². The van der Waals surface area contributed by atoms with Crippen LogP contribution in [0.4, 0.5) is 5.69 Å². The first-order chi connectivity index (χ1) is 9.52. The third-order valence-corrected chi connectivity index (χ3v) is 4.92. The Kier molecular flexibility index (Phi) is 5.47. The molecule has 3 unspecified atom stereocenters. The summed E-state index contributed by atoms with van der Waals surface area (Å²) in [5.74, 6) is 0.397. The minimum Gasteiger partial charge on any atom is -0.393 e. The Bertz CT molecular complexity index is 450. The van der Waals surface area contributed by atoms with Gasteiger partial charge < -0.3 is 15.3 Å². The maximum Gasteiger partial charge on any atom is 0.0557 e. The minimum absolute atomic E-state index is 0.212. The van der Waals surface area contributed by atoms with Crippen LogP contribution in [-0.4, -0.2) is 30.8 Å². The van der Waals surface area contributed by atoms with Crippen LogP contribution in [0.5, 0.6) is 0 Å². The molecule has 1 aliphatic rings. The van der Waals surface area contributed by atoms with E-state index in [1.165, 1.54) is 11.3 Å². The van der Waals surface area contributed by atoms with Gasteiger partial charge in [-0.1, -0.05) is 28.9 Å². The van der Waals surface area contributed by atoms with Gasteiger partial charge >= 0.3 is 0 Å². The van der Waals surface area contributed by atoms with Gasteiger partial charge in [-0.3, -0.25) is 0 Å². The first-order valence-electron chi connectivity index (χ1n) is 7.48. The first-order valence-corrected chi connectivity index (χ1v) is 8.28. The highest BCUT2D eigenvalue weighted by Crippen LogP contribution is 2.31. The van der Waals surface area contributed by atoms with E-state index in [1.54, 1.807) is 0 Å². The molecule has 0 saturated carbocycles. The standard InChI is InChI=1S/C16H25BrN2O/c1-4-18-11(2)15-6-5-14(9-16(15)17)19-8-7-13(10-19)12(3)20/h5-6,9,11-13,18,20H,4,7-8,10H2,1-3H3. The molecule has 1 aromatic carbocycles. The molecule has 2 rings (SSSR count). The third kappa shape index (κ3) is 3.54. The molecular formula is C16H25BrN2O. The summed E-state index contributed by atoms with van der Waals surface area (Å²) < 4.78 is 1.16. The van der Waals surface area contributed by atoms with Crippen LogP contribution >= 0.6 is 15.9 Å². The quantitative estimate of drug-likeness (QED) is 0.862. The van der Waals surface area contributed by atoms with Crippen LogP contribution in [0.2, 0.25) is 0 Å². The van der Waals surface area contributed by atoms with E-state index < -0.39 is 0 Å². The van der Waals surface area contributed by atoms with Crippen molar-refractivity contribution >= 4 is 21.6 Å². The number of halogens is 1. The number of nitrogens with one attached hydrogen (secondary N) is 1. The number of hydrogen-bond donors (Lipinski definition) is 2. The summed E-state index contributed by atoms with van der Waals surface area (Å²) in [5.41, 5.74) is 2.54. The van der Waals surface area contributed by atoms with E-state index in [9.17, 15) is 5.11 Å². The second kappa shape index (κ2) is 6.92. The lowest BCUT2D eigenvalue weighted by atomic mass is 10.0. The summed E-state index contributed by atoms with van der Waals surface area (Å²) in [6, 6.07) is 6.95. The zero-order chi connectivity index (χ0) is 14.7. The predicted octanol–water partition coefficient (Wildman–Crippen LogP) is 3.33. The molecule has 0 amide bonds. The Hall–Kier alpha value is -0.580. The number of anilines is 1. The van der Waals surface area contributed by atoms with E-state index in [4.69, 9.17) is 0 Å². The number of rotatable bonds is 5. The van der Waals surface area contributed by atoms with Gasteiger partial charge in [-0.2, -0.15) is 0 Å². The Morgan fingerprint density at radius 1 is 1.45 bits per heavy atom. The van der Waals surface area contributed by atoms with Crippen LogP contribution in [-0.2, 0) is 0 Å². The second-order valence-corrected chi connectivity index (χ2v) is 6.57. The van der Waals surface area contributed by atoms with Crippen LogP contribution in [0.3, 0.4) is 0 Å². The van der Waals surface area contributed by atoms with Gasteiger partial charge in [0.15, 0.2) is 0 Å². The summed E-state index contributed by atoms with van der Waals surface area (Å²) in [6.45, 7) is 9.15. The third-order valence-electron chi connectivity index (χ3n) is 4.23. The zero-order valence-electron chi connectivity index (χ0n) is 12.6. The van der Waals surface area contributed by atoms with Gasteiger partial charge in [-0.15, -0.1) is 0 Å². The molecule has 1 saturated heterocycles. The number of nitrogens with zero attached hydrogens (tertiary/aromatic N) is 1. The largest absolute Gasteiger partial charge is 0.393 e. The molecule has 1 heterocycles. The molecule has 20 heavy (non-hydrogen) atoms. The Balaban J connectivity index is 2.10. The molecule has 1 aliphatic heterocycles. The Morgan fingerprint density at radius 3 is 2.75 bits per heavy atom. The van der Waals surface area contributed by atoms with Gasteiger partial charge in [-0.05, 0) is 44.5 Å². The molecule has 0 spiro atoms. The van der Waals surface area contributed by atoms with Crippen molar-refractivity contribution < 1.29 is 5.11 Å². The van der Waals surface area contributed by atoms with Gasteiger partial charge in [0, 0.05) is 35.2 Å². The van der Waals surface area contributed by atoms with Gasteiger partial charge in [0.05, 0.1) is 6.10 Å². The number of aliphatic hydroxyl groups is 1. The Labute approximate surface area is 130 Å². The molecule has 1 aromatic rings. The maximum absolute atomic E-state index is 9.70.